The van der Waals surface area contributed by atoms with Crippen molar-refractivity contribution in [2.75, 3.05) is 0 Å². The Morgan fingerprint density at radius 1 is 0.405 bits per heavy atom. The molecule has 5 heteroatoms. The zero-order valence-corrected chi connectivity index (χ0v) is 28.9. The van der Waals surface area contributed by atoms with E-state index in [1.807, 2.05) is 0 Å². The Morgan fingerprint density at radius 3 is 0.857 bits per heavy atom. The summed E-state index contributed by atoms with van der Waals surface area (Å²) in [5, 5.41) is 20.4. The van der Waals surface area contributed by atoms with E-state index in [4.69, 9.17) is 0 Å². The van der Waals surface area contributed by atoms with Gasteiger partial charge in [0.05, 0.1) is 0 Å². The van der Waals surface area contributed by atoms with Crippen molar-refractivity contribution in [3.8, 4) is 0 Å². The first-order valence-corrected chi connectivity index (χ1v) is 17.2. The minimum atomic E-state index is -0.914. The van der Waals surface area contributed by atoms with Crippen LogP contribution in [0.3, 0.4) is 0 Å². The van der Waals surface area contributed by atoms with Crippen molar-refractivity contribution in [2.45, 2.75) is 201 Å². The van der Waals surface area contributed by atoms with Crippen molar-refractivity contribution in [3.63, 3.8) is 0 Å². The summed E-state index contributed by atoms with van der Waals surface area (Å²) in [5.41, 5.74) is 0. The number of hydrogen-bond donors (Lipinski definition) is 0. The SMILES string of the molecule is C.CCCCCCCC/C=C\CCCCCCCC(=O)[O-].CCCCCCCC/C=C\CCCCCCCC(=O)[O-].[Mg+2]. The van der Waals surface area contributed by atoms with Gasteiger partial charge in [0, 0.05) is 11.9 Å². The van der Waals surface area contributed by atoms with E-state index in [1.54, 1.807) is 0 Å². The average Bonchev–Trinajstić information content (AvgIpc) is 2.93. The van der Waals surface area contributed by atoms with E-state index in [-0.39, 0.29) is 43.3 Å². The van der Waals surface area contributed by atoms with Crippen LogP contribution in [0, 0.1) is 0 Å². The molecule has 0 aromatic carbocycles. The minimum absolute atomic E-state index is 0. The molecular weight excluding hydrogens is 533 g/mol. The normalized spacial score (nSPS) is 10.7. The summed E-state index contributed by atoms with van der Waals surface area (Å²) < 4.78 is 0. The molecule has 0 bridgehead atoms. The van der Waals surface area contributed by atoms with Crippen molar-refractivity contribution >= 4 is 35.0 Å². The van der Waals surface area contributed by atoms with Gasteiger partial charge in [0.2, 0.25) is 0 Å². The Balaban J connectivity index is -0.000000328. The number of allylic oxidation sites excluding steroid dienone is 4. The smallest absolute Gasteiger partial charge is 0.550 e. The molecule has 0 spiro atoms. The van der Waals surface area contributed by atoms with E-state index in [9.17, 15) is 19.8 Å². The second-order valence-electron chi connectivity index (χ2n) is 11.4. The summed E-state index contributed by atoms with van der Waals surface area (Å²) in [6.07, 6.45) is 41.8. The summed E-state index contributed by atoms with van der Waals surface area (Å²) in [5.74, 6) is -1.83. The third-order valence-electron chi connectivity index (χ3n) is 7.29. The molecule has 0 aliphatic heterocycles. The van der Waals surface area contributed by atoms with Crippen LogP contribution in [-0.2, 0) is 9.59 Å². The van der Waals surface area contributed by atoms with Crippen molar-refractivity contribution in [1.29, 1.82) is 0 Å². The molecule has 0 atom stereocenters. The van der Waals surface area contributed by atoms with Crippen molar-refractivity contribution < 1.29 is 19.8 Å². The Labute approximate surface area is 279 Å². The molecule has 4 nitrogen and oxygen atoms in total. The largest absolute Gasteiger partial charge is 2.00 e. The Kier molecular flexibility index (Phi) is 51.1. The van der Waals surface area contributed by atoms with Gasteiger partial charge in [-0.3, -0.25) is 0 Å². The topological polar surface area (TPSA) is 80.3 Å². The van der Waals surface area contributed by atoms with E-state index < -0.39 is 11.9 Å². The molecule has 0 aromatic rings. The van der Waals surface area contributed by atoms with Crippen LogP contribution in [0.25, 0.3) is 0 Å². The molecule has 0 aliphatic carbocycles. The molecule has 0 heterocycles. The minimum Gasteiger partial charge on any atom is -0.550 e. The number of carbonyl (C=O) groups is 2. The molecule has 0 saturated heterocycles. The summed E-state index contributed by atoms with van der Waals surface area (Å²) in [4.78, 5) is 20.4. The van der Waals surface area contributed by atoms with Gasteiger partial charge in [0.1, 0.15) is 0 Å². The Hall–Kier alpha value is -0.814. The molecule has 0 saturated carbocycles. The molecule has 0 N–H and O–H groups in total. The number of unbranched alkanes of at least 4 members (excludes halogenated alkanes) is 22. The van der Waals surface area contributed by atoms with E-state index in [0.29, 0.717) is 0 Å². The molecule has 0 aromatic heterocycles. The van der Waals surface area contributed by atoms with Gasteiger partial charge in [-0.15, -0.1) is 0 Å². The van der Waals surface area contributed by atoms with Gasteiger partial charge in [0.15, 0.2) is 0 Å². The van der Waals surface area contributed by atoms with Crippen LogP contribution in [0.4, 0.5) is 0 Å². The number of rotatable bonds is 30. The van der Waals surface area contributed by atoms with E-state index >= 15 is 0 Å². The Morgan fingerprint density at radius 2 is 0.619 bits per heavy atom. The zero-order chi connectivity index (χ0) is 29.8. The number of carboxylic acid groups (broad SMARTS) is 2. The second-order valence-corrected chi connectivity index (χ2v) is 11.4. The van der Waals surface area contributed by atoms with Crippen molar-refractivity contribution in [1.82, 2.24) is 0 Å². The fourth-order valence-electron chi connectivity index (χ4n) is 4.68. The molecule has 0 amide bonds. The van der Waals surface area contributed by atoms with Crippen LogP contribution < -0.4 is 10.2 Å². The van der Waals surface area contributed by atoms with Gasteiger partial charge < -0.3 is 19.8 Å². The molecule has 0 radical (unpaired) electrons. The predicted octanol–water partition coefficient (Wildman–Crippen LogP) is 9.80. The van der Waals surface area contributed by atoms with Gasteiger partial charge >= 0.3 is 23.1 Å². The molecule has 0 rings (SSSR count). The molecular formula is C37H70MgO4. The third-order valence-corrected chi connectivity index (χ3v) is 7.29. The van der Waals surface area contributed by atoms with Crippen molar-refractivity contribution in [3.05, 3.63) is 24.3 Å². The quantitative estimate of drug-likeness (QED) is 0.0465. The predicted molar refractivity (Wildman–Crippen MR) is 181 cm³/mol. The molecule has 0 fully saturated rings. The number of aliphatic carboxylic acids is 2. The maximum Gasteiger partial charge on any atom is 2.00 e. The van der Waals surface area contributed by atoms with Gasteiger partial charge in [0.25, 0.3) is 0 Å². The first kappa shape index (κ1) is 48.1. The molecule has 42 heavy (non-hydrogen) atoms. The summed E-state index contributed by atoms with van der Waals surface area (Å²) in [7, 11) is 0. The molecule has 0 aliphatic rings. The van der Waals surface area contributed by atoms with Crippen molar-refractivity contribution in [2.24, 2.45) is 0 Å². The average molecular weight is 603 g/mol. The van der Waals surface area contributed by atoms with Gasteiger partial charge in [-0.1, -0.05) is 148 Å². The van der Waals surface area contributed by atoms with E-state index in [0.717, 1.165) is 38.5 Å². The van der Waals surface area contributed by atoms with Crippen LogP contribution in [-0.4, -0.2) is 35.0 Å². The van der Waals surface area contributed by atoms with Crippen LogP contribution in [0.2, 0.25) is 0 Å². The standard InChI is InChI=1S/2C18H34O2.CH4.Mg/c2*1-2-3-4-5-6-7-8-9-10-11-12-13-14-15-16-17-18(19)20;;/h2*9-10H,2-8,11-17H2,1H3,(H,19,20);1H4;/q;;;+2/p-2/b2*10-9-;;. The van der Waals surface area contributed by atoms with Gasteiger partial charge in [-0.05, 0) is 77.0 Å². The Bertz CT molecular complexity index is 524. The number of carbonyl (C=O) groups excluding carboxylic acids is 2. The number of carboxylic acids is 2. The number of hydrogen-bond acceptors (Lipinski definition) is 4. The first-order valence-electron chi connectivity index (χ1n) is 17.2. The zero-order valence-electron chi connectivity index (χ0n) is 27.4. The van der Waals surface area contributed by atoms with Crippen LogP contribution in [0.15, 0.2) is 24.3 Å². The maximum atomic E-state index is 10.2. The third kappa shape index (κ3) is 51.9. The summed E-state index contributed by atoms with van der Waals surface area (Å²) in [6.45, 7) is 4.51. The fourth-order valence-corrected chi connectivity index (χ4v) is 4.68. The van der Waals surface area contributed by atoms with E-state index in [1.165, 1.54) is 128 Å². The summed E-state index contributed by atoms with van der Waals surface area (Å²) in [6, 6.07) is 0. The monoisotopic (exact) mass is 603 g/mol. The van der Waals surface area contributed by atoms with Crippen LogP contribution in [0.1, 0.15) is 201 Å². The molecule has 244 valence electrons. The summed E-state index contributed by atoms with van der Waals surface area (Å²) >= 11 is 0. The van der Waals surface area contributed by atoms with Crippen LogP contribution in [0.5, 0.6) is 0 Å². The van der Waals surface area contributed by atoms with Gasteiger partial charge in [-0.25, -0.2) is 0 Å². The van der Waals surface area contributed by atoms with Crippen LogP contribution >= 0.6 is 0 Å². The first-order chi connectivity index (χ1) is 19.5. The maximum absolute atomic E-state index is 10.2. The van der Waals surface area contributed by atoms with Gasteiger partial charge in [-0.2, -0.15) is 0 Å². The van der Waals surface area contributed by atoms with E-state index in [2.05, 4.69) is 38.2 Å². The fraction of sp³-hybridized carbons (Fsp3) is 0.838. The second kappa shape index (κ2) is 44.6. The molecule has 0 unspecified atom stereocenters.